The number of rotatable bonds is 2. The predicted octanol–water partition coefficient (Wildman–Crippen LogP) is 2.28. The van der Waals surface area contributed by atoms with E-state index in [1.807, 2.05) is 24.5 Å². The van der Waals surface area contributed by atoms with Crippen LogP contribution in [0.5, 0.6) is 0 Å². The maximum absolute atomic E-state index is 6.00. The highest BCUT2D eigenvalue weighted by atomic mass is 35.5. The van der Waals surface area contributed by atoms with Gasteiger partial charge in [0.25, 0.3) is 0 Å². The van der Waals surface area contributed by atoms with Crippen molar-refractivity contribution in [3.05, 3.63) is 35.4 Å². The molecule has 1 unspecified atom stereocenters. The van der Waals surface area contributed by atoms with Gasteiger partial charge in [-0.25, -0.2) is 4.98 Å². The summed E-state index contributed by atoms with van der Waals surface area (Å²) in [4.78, 5) is 4.46. The molecule has 3 heterocycles. The number of nitrogens with zero attached hydrogens (tertiary/aromatic N) is 2. The summed E-state index contributed by atoms with van der Waals surface area (Å²) in [6.07, 6.45) is 7.34. The van der Waals surface area contributed by atoms with Crippen molar-refractivity contribution in [3.8, 4) is 0 Å². The number of hydrogen-bond acceptors (Lipinski definition) is 2. The molecule has 3 nitrogen and oxygen atoms in total. The highest BCUT2D eigenvalue weighted by Gasteiger charge is 2.16. The molecule has 84 valence electrons. The van der Waals surface area contributed by atoms with E-state index >= 15 is 0 Å². The second-order valence-electron chi connectivity index (χ2n) is 4.31. The quantitative estimate of drug-likeness (QED) is 0.866. The Morgan fingerprint density at radius 2 is 2.44 bits per heavy atom. The molecule has 2 aromatic heterocycles. The molecule has 3 rings (SSSR count). The van der Waals surface area contributed by atoms with Crippen LogP contribution in [-0.4, -0.2) is 22.0 Å². The second kappa shape index (κ2) is 4.07. The Morgan fingerprint density at radius 1 is 1.50 bits per heavy atom. The van der Waals surface area contributed by atoms with Crippen LogP contribution in [0.4, 0.5) is 0 Å². The molecule has 1 N–H and O–H groups in total. The number of halogens is 1. The first-order chi connectivity index (χ1) is 7.83. The van der Waals surface area contributed by atoms with Crippen molar-refractivity contribution >= 4 is 17.1 Å². The van der Waals surface area contributed by atoms with Crippen LogP contribution >= 0.6 is 11.6 Å². The monoisotopic (exact) mass is 235 g/mol. The zero-order chi connectivity index (χ0) is 11.0. The molecule has 0 amide bonds. The van der Waals surface area contributed by atoms with Gasteiger partial charge in [-0.15, -0.1) is 0 Å². The summed E-state index contributed by atoms with van der Waals surface area (Å²) >= 11 is 6.00. The van der Waals surface area contributed by atoms with Crippen LogP contribution in [0.2, 0.25) is 5.02 Å². The van der Waals surface area contributed by atoms with Crippen LogP contribution in [0.1, 0.15) is 18.7 Å². The molecular formula is C12H14ClN3. The van der Waals surface area contributed by atoms with E-state index in [9.17, 15) is 0 Å². The first-order valence-corrected chi connectivity index (χ1v) is 6.05. The summed E-state index contributed by atoms with van der Waals surface area (Å²) in [6.45, 7) is 1.13. The smallest absolute Gasteiger partial charge is 0.114 e. The van der Waals surface area contributed by atoms with Gasteiger partial charge in [-0.3, -0.25) is 0 Å². The molecule has 0 spiro atoms. The van der Waals surface area contributed by atoms with Gasteiger partial charge < -0.3 is 9.72 Å². The molecule has 0 radical (unpaired) electrons. The lowest BCUT2D eigenvalue weighted by Crippen LogP contribution is -2.24. The van der Waals surface area contributed by atoms with Gasteiger partial charge in [0.1, 0.15) is 5.82 Å². The molecule has 0 bridgehead atoms. The summed E-state index contributed by atoms with van der Waals surface area (Å²) in [5.41, 5.74) is 1.11. The maximum Gasteiger partial charge on any atom is 0.114 e. The summed E-state index contributed by atoms with van der Waals surface area (Å²) in [7, 11) is 0. The van der Waals surface area contributed by atoms with Gasteiger partial charge in [0, 0.05) is 18.7 Å². The van der Waals surface area contributed by atoms with Gasteiger partial charge in [-0.1, -0.05) is 11.6 Å². The fourth-order valence-corrected chi connectivity index (χ4v) is 2.48. The molecule has 16 heavy (non-hydrogen) atoms. The first kappa shape index (κ1) is 10.1. The Bertz CT molecular complexity index is 500. The summed E-state index contributed by atoms with van der Waals surface area (Å²) in [5.74, 6) is 1.09. The number of imidazole rings is 1. The summed E-state index contributed by atoms with van der Waals surface area (Å²) < 4.78 is 2.09. The average molecular weight is 236 g/mol. The second-order valence-corrected chi connectivity index (χ2v) is 4.75. The third-order valence-corrected chi connectivity index (χ3v) is 3.38. The third kappa shape index (κ3) is 1.81. The van der Waals surface area contributed by atoms with Gasteiger partial charge in [-0.05, 0) is 31.5 Å². The molecule has 1 saturated heterocycles. The van der Waals surface area contributed by atoms with Gasteiger partial charge in [0.2, 0.25) is 0 Å². The highest BCUT2D eigenvalue weighted by Crippen LogP contribution is 2.16. The lowest BCUT2D eigenvalue weighted by atomic mass is 10.1. The van der Waals surface area contributed by atoms with Crippen molar-refractivity contribution in [2.24, 2.45) is 0 Å². The van der Waals surface area contributed by atoms with Gasteiger partial charge in [0.15, 0.2) is 0 Å². The van der Waals surface area contributed by atoms with E-state index in [4.69, 9.17) is 11.6 Å². The molecule has 1 atom stereocenters. The lowest BCUT2D eigenvalue weighted by molar-refractivity contribution is 0.584. The number of aromatic nitrogens is 2. The Balaban J connectivity index is 1.93. The third-order valence-electron chi connectivity index (χ3n) is 3.16. The van der Waals surface area contributed by atoms with Crippen molar-refractivity contribution in [3.63, 3.8) is 0 Å². The molecule has 1 aliphatic rings. The van der Waals surface area contributed by atoms with Crippen molar-refractivity contribution in [1.82, 2.24) is 14.7 Å². The minimum absolute atomic E-state index is 0.574. The minimum Gasteiger partial charge on any atom is -0.314 e. The lowest BCUT2D eigenvalue weighted by Gasteiger charge is -2.08. The van der Waals surface area contributed by atoms with Crippen LogP contribution in [0.25, 0.3) is 5.52 Å². The molecule has 0 saturated carbocycles. The van der Waals surface area contributed by atoms with Gasteiger partial charge in [0.05, 0.1) is 16.7 Å². The zero-order valence-electron chi connectivity index (χ0n) is 8.99. The fourth-order valence-electron chi connectivity index (χ4n) is 2.32. The molecule has 0 aromatic carbocycles. The fraction of sp³-hybridized carbons (Fsp3) is 0.417. The minimum atomic E-state index is 0.574. The SMILES string of the molecule is Clc1ccc2cnc(CC3CCCN3)n2c1. The van der Waals surface area contributed by atoms with E-state index in [-0.39, 0.29) is 0 Å². The average Bonchev–Trinajstić information content (AvgIpc) is 2.90. The van der Waals surface area contributed by atoms with E-state index in [2.05, 4.69) is 14.7 Å². The number of nitrogens with one attached hydrogen (secondary N) is 1. The molecule has 2 aromatic rings. The number of hydrogen-bond donors (Lipinski definition) is 1. The molecule has 4 heteroatoms. The Hall–Kier alpha value is -1.06. The van der Waals surface area contributed by atoms with Crippen molar-refractivity contribution in [1.29, 1.82) is 0 Å². The number of pyridine rings is 1. The Labute approximate surface area is 99.4 Å². The van der Waals surface area contributed by atoms with Crippen LogP contribution in [0.15, 0.2) is 24.5 Å². The van der Waals surface area contributed by atoms with E-state index < -0.39 is 0 Å². The Kier molecular flexibility index (Phi) is 2.58. The largest absolute Gasteiger partial charge is 0.314 e. The first-order valence-electron chi connectivity index (χ1n) is 5.68. The number of fused-ring (bicyclic) bond motifs is 1. The summed E-state index contributed by atoms with van der Waals surface area (Å²) in [6, 6.07) is 4.47. The van der Waals surface area contributed by atoms with E-state index in [0.29, 0.717) is 6.04 Å². The topological polar surface area (TPSA) is 29.3 Å². The zero-order valence-corrected chi connectivity index (χ0v) is 9.74. The normalized spacial score (nSPS) is 20.7. The van der Waals surface area contributed by atoms with E-state index in [1.54, 1.807) is 0 Å². The highest BCUT2D eigenvalue weighted by molar-refractivity contribution is 6.30. The van der Waals surface area contributed by atoms with Crippen LogP contribution in [0.3, 0.4) is 0 Å². The predicted molar refractivity (Wildman–Crippen MR) is 64.9 cm³/mol. The van der Waals surface area contributed by atoms with Crippen LogP contribution < -0.4 is 5.32 Å². The van der Waals surface area contributed by atoms with Crippen LogP contribution in [-0.2, 0) is 6.42 Å². The molecule has 1 aliphatic heterocycles. The summed E-state index contributed by atoms with van der Waals surface area (Å²) in [5, 5.41) is 4.24. The molecular weight excluding hydrogens is 222 g/mol. The van der Waals surface area contributed by atoms with E-state index in [1.165, 1.54) is 12.8 Å². The van der Waals surface area contributed by atoms with Gasteiger partial charge >= 0.3 is 0 Å². The van der Waals surface area contributed by atoms with Crippen molar-refractivity contribution in [2.75, 3.05) is 6.54 Å². The maximum atomic E-state index is 6.00. The molecule has 0 aliphatic carbocycles. The Morgan fingerprint density at radius 3 is 3.25 bits per heavy atom. The van der Waals surface area contributed by atoms with E-state index in [0.717, 1.165) is 29.3 Å². The van der Waals surface area contributed by atoms with Crippen molar-refractivity contribution < 1.29 is 0 Å². The van der Waals surface area contributed by atoms with Gasteiger partial charge in [-0.2, -0.15) is 0 Å². The standard InChI is InChI=1S/C12H14ClN3/c13-9-3-4-11-7-15-12(16(11)8-9)6-10-2-1-5-14-10/h3-4,7-8,10,14H,1-2,5-6H2. The van der Waals surface area contributed by atoms with Crippen molar-refractivity contribution in [2.45, 2.75) is 25.3 Å². The van der Waals surface area contributed by atoms with Crippen LogP contribution in [0, 0.1) is 0 Å². The molecule has 1 fully saturated rings.